The summed E-state index contributed by atoms with van der Waals surface area (Å²) in [6.45, 7) is 2.34. The summed E-state index contributed by atoms with van der Waals surface area (Å²) >= 11 is 5.52. The van der Waals surface area contributed by atoms with E-state index in [0.29, 0.717) is 6.54 Å². The first kappa shape index (κ1) is 20.2. The highest BCUT2D eigenvalue weighted by atomic mass is 35.5. The molecule has 5 nitrogen and oxygen atoms in total. The average molecular weight is 366 g/mol. The van der Waals surface area contributed by atoms with E-state index in [-0.39, 0.29) is 24.7 Å². The van der Waals surface area contributed by atoms with Crippen LogP contribution >= 0.6 is 11.6 Å². The molecule has 0 aromatic heterocycles. The number of nitrogens with one attached hydrogen (secondary N) is 2. The zero-order valence-electron chi connectivity index (χ0n) is 13.3. The van der Waals surface area contributed by atoms with Crippen LogP contribution in [0.1, 0.15) is 18.9 Å². The Morgan fingerprint density at radius 1 is 1.21 bits per heavy atom. The molecular weight excluding hydrogens is 347 g/mol. The van der Waals surface area contributed by atoms with Crippen molar-refractivity contribution < 1.29 is 22.8 Å². The number of hydrogen-bond acceptors (Lipinski definition) is 3. The Labute approximate surface area is 143 Å². The van der Waals surface area contributed by atoms with Crippen LogP contribution in [0, 0.1) is 0 Å². The maximum absolute atomic E-state index is 12.8. The highest BCUT2D eigenvalue weighted by Crippen LogP contribution is 2.36. The van der Waals surface area contributed by atoms with Crippen molar-refractivity contribution in [3.63, 3.8) is 0 Å². The number of amides is 2. The van der Waals surface area contributed by atoms with Gasteiger partial charge in [0.1, 0.15) is 0 Å². The van der Waals surface area contributed by atoms with Crippen LogP contribution in [0.4, 0.5) is 18.9 Å². The lowest BCUT2D eigenvalue weighted by Crippen LogP contribution is -2.39. The second-order valence-electron chi connectivity index (χ2n) is 5.26. The van der Waals surface area contributed by atoms with Gasteiger partial charge in [0.25, 0.3) is 0 Å². The Balaban J connectivity index is 2.61. The van der Waals surface area contributed by atoms with E-state index in [1.807, 2.05) is 6.92 Å². The predicted octanol–water partition coefficient (Wildman–Crippen LogP) is 2.76. The average Bonchev–Trinajstić information content (AvgIpc) is 2.45. The molecule has 9 heteroatoms. The fourth-order valence-electron chi connectivity index (χ4n) is 1.89. The Morgan fingerprint density at radius 2 is 1.83 bits per heavy atom. The lowest BCUT2D eigenvalue weighted by molar-refractivity contribution is -0.137. The summed E-state index contributed by atoms with van der Waals surface area (Å²) in [5.74, 6) is -0.755. The van der Waals surface area contributed by atoms with Gasteiger partial charge in [0.2, 0.25) is 11.8 Å². The van der Waals surface area contributed by atoms with Crippen LogP contribution in [0.5, 0.6) is 0 Å². The van der Waals surface area contributed by atoms with Gasteiger partial charge in [-0.15, -0.1) is 0 Å². The topological polar surface area (TPSA) is 61.4 Å². The van der Waals surface area contributed by atoms with Crippen molar-refractivity contribution in [1.82, 2.24) is 10.2 Å². The van der Waals surface area contributed by atoms with Gasteiger partial charge in [0.15, 0.2) is 0 Å². The predicted molar refractivity (Wildman–Crippen MR) is 85.9 cm³/mol. The summed E-state index contributed by atoms with van der Waals surface area (Å²) < 4.78 is 38.3. The Bertz CT molecular complexity index is 594. The summed E-state index contributed by atoms with van der Waals surface area (Å²) in [5.41, 5.74) is -1.03. The van der Waals surface area contributed by atoms with Gasteiger partial charge in [-0.05, 0) is 31.7 Å². The minimum Gasteiger partial charge on any atom is -0.355 e. The van der Waals surface area contributed by atoms with Crippen molar-refractivity contribution in [3.8, 4) is 0 Å². The molecule has 134 valence electrons. The smallest absolute Gasteiger partial charge is 0.355 e. The second-order valence-corrected chi connectivity index (χ2v) is 5.67. The standard InChI is InChI=1S/C15H19ClF3N3O2/c1-3-6-20-13(23)8-22(2)9-14(24)21-10-4-5-12(16)11(7-10)15(17,18)19/h4-5,7H,3,6,8-9H2,1-2H3,(H,20,23)(H,21,24). The minimum atomic E-state index is -4.61. The number of rotatable bonds is 7. The summed E-state index contributed by atoms with van der Waals surface area (Å²) in [6.07, 6.45) is -3.81. The number of carbonyl (C=O) groups excluding carboxylic acids is 2. The molecule has 0 saturated heterocycles. The zero-order chi connectivity index (χ0) is 18.3. The normalized spacial score (nSPS) is 11.5. The van der Waals surface area contributed by atoms with E-state index in [1.165, 1.54) is 11.0 Å². The van der Waals surface area contributed by atoms with Gasteiger partial charge >= 0.3 is 6.18 Å². The maximum Gasteiger partial charge on any atom is 0.417 e. The molecule has 1 aromatic rings. The molecule has 0 unspecified atom stereocenters. The number of carbonyl (C=O) groups is 2. The summed E-state index contributed by atoms with van der Waals surface area (Å²) in [7, 11) is 1.56. The summed E-state index contributed by atoms with van der Waals surface area (Å²) in [5, 5.41) is 4.58. The molecule has 0 atom stereocenters. The van der Waals surface area contributed by atoms with Crippen molar-refractivity contribution in [2.45, 2.75) is 19.5 Å². The number of anilines is 1. The molecule has 0 spiro atoms. The van der Waals surface area contributed by atoms with E-state index in [9.17, 15) is 22.8 Å². The maximum atomic E-state index is 12.8. The first-order valence-electron chi connectivity index (χ1n) is 7.25. The van der Waals surface area contributed by atoms with Gasteiger partial charge in [0.05, 0.1) is 23.7 Å². The van der Waals surface area contributed by atoms with E-state index >= 15 is 0 Å². The lowest BCUT2D eigenvalue weighted by atomic mass is 10.2. The number of benzene rings is 1. The monoisotopic (exact) mass is 365 g/mol. The van der Waals surface area contributed by atoms with Gasteiger partial charge in [-0.3, -0.25) is 14.5 Å². The molecule has 2 amide bonds. The van der Waals surface area contributed by atoms with Crippen LogP contribution in [0.15, 0.2) is 18.2 Å². The molecule has 0 aliphatic heterocycles. The fourth-order valence-corrected chi connectivity index (χ4v) is 2.11. The SMILES string of the molecule is CCCNC(=O)CN(C)CC(=O)Nc1ccc(Cl)c(C(F)(F)F)c1. The zero-order valence-corrected chi connectivity index (χ0v) is 14.1. The van der Waals surface area contributed by atoms with E-state index in [2.05, 4.69) is 10.6 Å². The van der Waals surface area contributed by atoms with E-state index < -0.39 is 22.7 Å². The van der Waals surface area contributed by atoms with Gasteiger partial charge in [-0.2, -0.15) is 13.2 Å². The van der Waals surface area contributed by atoms with Crippen LogP contribution in [-0.2, 0) is 15.8 Å². The Kier molecular flexibility index (Phi) is 7.50. The van der Waals surface area contributed by atoms with Crippen molar-refractivity contribution in [3.05, 3.63) is 28.8 Å². The van der Waals surface area contributed by atoms with Crippen molar-refractivity contribution >= 4 is 29.1 Å². The van der Waals surface area contributed by atoms with Crippen LogP contribution in [0.25, 0.3) is 0 Å². The molecule has 1 aromatic carbocycles. The van der Waals surface area contributed by atoms with Crippen LogP contribution in [0.2, 0.25) is 5.02 Å². The minimum absolute atomic E-state index is 0.0134. The van der Waals surface area contributed by atoms with Crippen molar-refractivity contribution in [2.75, 3.05) is 32.0 Å². The Hall–Kier alpha value is -1.80. The van der Waals surface area contributed by atoms with Crippen molar-refractivity contribution in [2.24, 2.45) is 0 Å². The van der Waals surface area contributed by atoms with Crippen LogP contribution in [0.3, 0.4) is 0 Å². The third-order valence-corrected chi connectivity index (χ3v) is 3.28. The third-order valence-electron chi connectivity index (χ3n) is 2.95. The van der Waals surface area contributed by atoms with Crippen molar-refractivity contribution in [1.29, 1.82) is 0 Å². The molecule has 1 rings (SSSR count). The number of alkyl halides is 3. The van der Waals surface area contributed by atoms with Gasteiger partial charge in [-0.25, -0.2) is 0 Å². The third kappa shape index (κ3) is 6.76. The molecule has 0 bridgehead atoms. The number of likely N-dealkylation sites (N-methyl/N-ethyl adjacent to an activating group) is 1. The number of hydrogen-bond donors (Lipinski definition) is 2. The second kappa shape index (κ2) is 8.89. The molecular formula is C15H19ClF3N3O2. The van der Waals surface area contributed by atoms with E-state index in [0.717, 1.165) is 18.6 Å². The summed E-state index contributed by atoms with van der Waals surface area (Å²) in [6, 6.07) is 3.12. The first-order chi connectivity index (χ1) is 11.1. The van der Waals surface area contributed by atoms with Gasteiger partial charge < -0.3 is 10.6 Å². The fraction of sp³-hybridized carbons (Fsp3) is 0.467. The molecule has 0 radical (unpaired) electrons. The quantitative estimate of drug-likeness (QED) is 0.781. The molecule has 0 heterocycles. The lowest BCUT2D eigenvalue weighted by Gasteiger charge is -2.16. The summed E-state index contributed by atoms with van der Waals surface area (Å²) in [4.78, 5) is 24.8. The van der Waals surface area contributed by atoms with Crippen LogP contribution in [-0.4, -0.2) is 43.4 Å². The molecule has 0 fully saturated rings. The van der Waals surface area contributed by atoms with Crippen LogP contribution < -0.4 is 10.6 Å². The Morgan fingerprint density at radius 3 is 2.42 bits per heavy atom. The highest BCUT2D eigenvalue weighted by Gasteiger charge is 2.33. The molecule has 0 aliphatic rings. The van der Waals surface area contributed by atoms with Gasteiger partial charge in [-0.1, -0.05) is 18.5 Å². The molecule has 2 N–H and O–H groups in total. The molecule has 0 saturated carbocycles. The molecule has 0 aliphatic carbocycles. The number of nitrogens with zero attached hydrogens (tertiary/aromatic N) is 1. The largest absolute Gasteiger partial charge is 0.417 e. The first-order valence-corrected chi connectivity index (χ1v) is 7.63. The van der Waals surface area contributed by atoms with E-state index in [1.54, 1.807) is 7.05 Å². The van der Waals surface area contributed by atoms with Gasteiger partial charge in [0, 0.05) is 12.2 Å². The highest BCUT2D eigenvalue weighted by molar-refractivity contribution is 6.31. The van der Waals surface area contributed by atoms with E-state index in [4.69, 9.17) is 11.6 Å². The molecule has 24 heavy (non-hydrogen) atoms. The number of halogens is 4.